The molecule has 2 N–H and O–H groups in total. The van der Waals surface area contributed by atoms with Gasteiger partial charge in [-0.25, -0.2) is 4.98 Å². The predicted octanol–water partition coefficient (Wildman–Crippen LogP) is 1.73. The number of hydrogen-bond donors (Lipinski definition) is 2. The third-order valence-corrected chi connectivity index (χ3v) is 4.40. The van der Waals surface area contributed by atoms with Crippen LogP contribution in [-0.4, -0.2) is 29.4 Å². The molecule has 3 rings (SSSR count). The van der Waals surface area contributed by atoms with E-state index < -0.39 is 6.04 Å². The molecule has 0 unspecified atom stereocenters. The third-order valence-electron chi connectivity index (χ3n) is 3.50. The fourth-order valence-corrected chi connectivity index (χ4v) is 3.17. The van der Waals surface area contributed by atoms with Crippen LogP contribution in [0.25, 0.3) is 10.8 Å². The SMILES string of the molecule is O=C(Cc1csc(-c2ccco2)n1)N[C@H]1CCCCNC1=O. The molecule has 0 radical (unpaired) electrons. The summed E-state index contributed by atoms with van der Waals surface area (Å²) in [5, 5.41) is 8.19. The van der Waals surface area contributed by atoms with E-state index in [0.717, 1.165) is 17.8 Å². The van der Waals surface area contributed by atoms with Crippen molar-refractivity contribution in [2.24, 2.45) is 0 Å². The number of aromatic nitrogens is 1. The van der Waals surface area contributed by atoms with Crippen molar-refractivity contribution in [3.8, 4) is 10.8 Å². The molecule has 1 aliphatic heterocycles. The van der Waals surface area contributed by atoms with Gasteiger partial charge in [-0.15, -0.1) is 11.3 Å². The quantitative estimate of drug-likeness (QED) is 0.899. The van der Waals surface area contributed by atoms with Crippen molar-refractivity contribution in [2.75, 3.05) is 6.54 Å². The Morgan fingerprint density at radius 2 is 2.41 bits per heavy atom. The highest BCUT2D eigenvalue weighted by molar-refractivity contribution is 7.13. The molecule has 2 amide bonds. The summed E-state index contributed by atoms with van der Waals surface area (Å²) < 4.78 is 5.28. The maximum Gasteiger partial charge on any atom is 0.242 e. The zero-order valence-corrected chi connectivity index (χ0v) is 12.8. The smallest absolute Gasteiger partial charge is 0.242 e. The number of amides is 2. The van der Waals surface area contributed by atoms with Crippen LogP contribution >= 0.6 is 11.3 Å². The minimum absolute atomic E-state index is 0.0968. The maximum absolute atomic E-state index is 12.1. The molecular formula is C15H17N3O3S. The standard InChI is InChI=1S/C15H17N3O3S/c19-13(18-11-4-1-2-6-16-14(11)20)8-10-9-22-15(17-10)12-5-3-7-21-12/h3,5,7,9,11H,1-2,4,6,8H2,(H,16,20)(H,18,19)/t11-/m0/s1. The van der Waals surface area contributed by atoms with E-state index in [4.69, 9.17) is 4.42 Å². The highest BCUT2D eigenvalue weighted by atomic mass is 32.1. The first-order valence-electron chi connectivity index (χ1n) is 7.28. The van der Waals surface area contributed by atoms with E-state index >= 15 is 0 Å². The molecule has 22 heavy (non-hydrogen) atoms. The second-order valence-electron chi connectivity index (χ2n) is 5.20. The molecule has 0 saturated carbocycles. The van der Waals surface area contributed by atoms with Gasteiger partial charge in [-0.05, 0) is 31.4 Å². The number of hydrogen-bond acceptors (Lipinski definition) is 5. The summed E-state index contributed by atoms with van der Waals surface area (Å²) in [4.78, 5) is 28.3. The fraction of sp³-hybridized carbons (Fsp3) is 0.400. The lowest BCUT2D eigenvalue weighted by atomic mass is 10.1. The van der Waals surface area contributed by atoms with Gasteiger partial charge in [0.2, 0.25) is 11.8 Å². The number of nitrogens with one attached hydrogen (secondary N) is 2. The van der Waals surface area contributed by atoms with Gasteiger partial charge in [0, 0.05) is 11.9 Å². The summed E-state index contributed by atoms with van der Waals surface area (Å²) in [5.74, 6) is 0.415. The first-order chi connectivity index (χ1) is 10.7. The monoisotopic (exact) mass is 319 g/mol. The summed E-state index contributed by atoms with van der Waals surface area (Å²) in [7, 11) is 0. The van der Waals surface area contributed by atoms with Crippen LogP contribution in [0.5, 0.6) is 0 Å². The summed E-state index contributed by atoms with van der Waals surface area (Å²) in [6.45, 7) is 0.684. The van der Waals surface area contributed by atoms with Crippen molar-refractivity contribution in [1.29, 1.82) is 0 Å². The van der Waals surface area contributed by atoms with Crippen LogP contribution in [0.15, 0.2) is 28.2 Å². The van der Waals surface area contributed by atoms with E-state index in [0.29, 0.717) is 24.4 Å². The maximum atomic E-state index is 12.1. The van der Waals surface area contributed by atoms with E-state index in [1.807, 2.05) is 11.4 Å². The molecule has 6 nitrogen and oxygen atoms in total. The van der Waals surface area contributed by atoms with E-state index in [1.54, 1.807) is 12.3 Å². The Labute approximate surface area is 131 Å². The van der Waals surface area contributed by atoms with Crippen molar-refractivity contribution in [3.63, 3.8) is 0 Å². The molecule has 116 valence electrons. The molecule has 0 spiro atoms. The number of rotatable bonds is 4. The molecule has 2 aromatic heterocycles. The van der Waals surface area contributed by atoms with Crippen molar-refractivity contribution >= 4 is 23.2 Å². The highest BCUT2D eigenvalue weighted by Gasteiger charge is 2.22. The van der Waals surface area contributed by atoms with Crippen LogP contribution in [-0.2, 0) is 16.0 Å². The Morgan fingerprint density at radius 3 is 3.23 bits per heavy atom. The summed E-state index contributed by atoms with van der Waals surface area (Å²) in [6, 6.07) is 3.20. The minimum Gasteiger partial charge on any atom is -0.462 e. The highest BCUT2D eigenvalue weighted by Crippen LogP contribution is 2.24. The minimum atomic E-state index is -0.432. The topological polar surface area (TPSA) is 84.2 Å². The zero-order chi connectivity index (χ0) is 15.4. The molecule has 1 aliphatic rings. The van der Waals surface area contributed by atoms with Crippen molar-refractivity contribution in [3.05, 3.63) is 29.5 Å². The molecular weight excluding hydrogens is 302 g/mol. The molecule has 3 heterocycles. The first-order valence-corrected chi connectivity index (χ1v) is 8.16. The van der Waals surface area contributed by atoms with Crippen LogP contribution in [0.2, 0.25) is 0 Å². The number of carbonyl (C=O) groups excluding carboxylic acids is 2. The largest absolute Gasteiger partial charge is 0.462 e. The summed E-state index contributed by atoms with van der Waals surface area (Å²) in [6.07, 6.45) is 4.33. The second-order valence-corrected chi connectivity index (χ2v) is 6.06. The van der Waals surface area contributed by atoms with Crippen LogP contribution in [0, 0.1) is 0 Å². The average Bonchev–Trinajstić information content (AvgIpc) is 3.12. The Kier molecular flexibility index (Phi) is 4.53. The van der Waals surface area contributed by atoms with Crippen molar-refractivity contribution < 1.29 is 14.0 Å². The van der Waals surface area contributed by atoms with Gasteiger partial charge in [-0.2, -0.15) is 0 Å². The Hall–Kier alpha value is -2.15. The lowest BCUT2D eigenvalue weighted by Gasteiger charge is -2.14. The van der Waals surface area contributed by atoms with Crippen LogP contribution < -0.4 is 10.6 Å². The molecule has 0 aromatic carbocycles. The zero-order valence-electron chi connectivity index (χ0n) is 12.0. The lowest BCUT2D eigenvalue weighted by Crippen LogP contribution is -2.46. The van der Waals surface area contributed by atoms with Gasteiger partial charge in [-0.1, -0.05) is 0 Å². The molecule has 1 saturated heterocycles. The number of nitrogens with zero attached hydrogens (tertiary/aromatic N) is 1. The van der Waals surface area contributed by atoms with Gasteiger partial charge >= 0.3 is 0 Å². The molecule has 7 heteroatoms. The summed E-state index contributed by atoms with van der Waals surface area (Å²) in [5.41, 5.74) is 0.683. The molecule has 0 bridgehead atoms. The van der Waals surface area contributed by atoms with Gasteiger partial charge in [0.1, 0.15) is 6.04 Å². The predicted molar refractivity (Wildman–Crippen MR) is 82.3 cm³/mol. The van der Waals surface area contributed by atoms with E-state index in [2.05, 4.69) is 15.6 Å². The average molecular weight is 319 g/mol. The number of carbonyl (C=O) groups is 2. The van der Waals surface area contributed by atoms with Gasteiger partial charge in [0.05, 0.1) is 18.4 Å². The number of furan rings is 1. The number of thiazole rings is 1. The van der Waals surface area contributed by atoms with E-state index in [9.17, 15) is 9.59 Å². The second kappa shape index (κ2) is 6.74. The Morgan fingerprint density at radius 1 is 1.50 bits per heavy atom. The Balaban J connectivity index is 1.58. The molecule has 2 aromatic rings. The molecule has 0 aliphatic carbocycles. The third kappa shape index (κ3) is 3.54. The van der Waals surface area contributed by atoms with Gasteiger partial charge in [0.15, 0.2) is 10.8 Å². The molecule has 1 atom stereocenters. The van der Waals surface area contributed by atoms with Crippen LogP contribution in [0.1, 0.15) is 25.0 Å². The Bertz CT molecular complexity index is 651. The van der Waals surface area contributed by atoms with E-state index in [-0.39, 0.29) is 18.2 Å². The van der Waals surface area contributed by atoms with Crippen molar-refractivity contribution in [2.45, 2.75) is 31.7 Å². The van der Waals surface area contributed by atoms with Gasteiger partial charge < -0.3 is 15.1 Å². The first kappa shape index (κ1) is 14.8. The lowest BCUT2D eigenvalue weighted by molar-refractivity contribution is -0.128. The van der Waals surface area contributed by atoms with Gasteiger partial charge in [0.25, 0.3) is 0 Å². The van der Waals surface area contributed by atoms with E-state index in [1.165, 1.54) is 11.3 Å². The van der Waals surface area contributed by atoms with Crippen LogP contribution in [0.4, 0.5) is 0 Å². The van der Waals surface area contributed by atoms with Crippen molar-refractivity contribution in [1.82, 2.24) is 15.6 Å². The fourth-order valence-electron chi connectivity index (χ4n) is 2.39. The summed E-state index contributed by atoms with van der Waals surface area (Å²) >= 11 is 1.44. The normalized spacial score (nSPS) is 18.5. The van der Waals surface area contributed by atoms with Crippen LogP contribution in [0.3, 0.4) is 0 Å². The van der Waals surface area contributed by atoms with Gasteiger partial charge in [-0.3, -0.25) is 9.59 Å². The molecule has 1 fully saturated rings.